The SMILES string of the molecule is CC(C)(N)Cn1c(-c2ccccn2)nc2cc3c(cc21)OCO3. The fraction of sp³-hybridized carbons (Fsp3) is 0.294. The summed E-state index contributed by atoms with van der Waals surface area (Å²) in [5.74, 6) is 2.26. The molecule has 0 unspecified atom stereocenters. The van der Waals surface area contributed by atoms with Crippen LogP contribution in [0, 0.1) is 0 Å². The lowest BCUT2D eigenvalue weighted by Gasteiger charge is -2.21. The monoisotopic (exact) mass is 310 g/mol. The molecule has 3 heterocycles. The molecule has 1 aromatic carbocycles. The van der Waals surface area contributed by atoms with Crippen LogP contribution in [0.2, 0.25) is 0 Å². The fourth-order valence-electron chi connectivity index (χ4n) is 2.77. The molecule has 0 saturated carbocycles. The van der Waals surface area contributed by atoms with Crippen LogP contribution in [0.1, 0.15) is 13.8 Å². The Morgan fingerprint density at radius 2 is 2.00 bits per heavy atom. The van der Waals surface area contributed by atoms with Gasteiger partial charge < -0.3 is 19.8 Å². The van der Waals surface area contributed by atoms with Crippen LogP contribution in [0.5, 0.6) is 11.5 Å². The van der Waals surface area contributed by atoms with Crippen LogP contribution in [0.3, 0.4) is 0 Å². The van der Waals surface area contributed by atoms with Gasteiger partial charge in [-0.05, 0) is 26.0 Å². The number of hydrogen-bond acceptors (Lipinski definition) is 5. The van der Waals surface area contributed by atoms with Crippen molar-refractivity contribution < 1.29 is 9.47 Å². The summed E-state index contributed by atoms with van der Waals surface area (Å²) in [6.07, 6.45) is 1.76. The summed E-state index contributed by atoms with van der Waals surface area (Å²) in [5, 5.41) is 0. The van der Waals surface area contributed by atoms with E-state index in [4.69, 9.17) is 20.2 Å². The van der Waals surface area contributed by atoms with Crippen molar-refractivity contribution >= 4 is 11.0 Å². The van der Waals surface area contributed by atoms with Gasteiger partial charge in [0.25, 0.3) is 0 Å². The lowest BCUT2D eigenvalue weighted by molar-refractivity contribution is 0.174. The molecule has 6 heteroatoms. The van der Waals surface area contributed by atoms with Crippen molar-refractivity contribution in [3.8, 4) is 23.0 Å². The average Bonchev–Trinajstić information content (AvgIpc) is 3.09. The number of hydrogen-bond donors (Lipinski definition) is 1. The average molecular weight is 310 g/mol. The molecule has 2 aromatic heterocycles. The lowest BCUT2D eigenvalue weighted by atomic mass is 10.1. The number of nitrogens with zero attached hydrogens (tertiary/aromatic N) is 3. The Hall–Kier alpha value is -2.60. The standard InChI is InChI=1S/C17H18N4O2/c1-17(2,18)9-21-13-8-15-14(22-10-23-15)7-12(13)20-16(21)11-5-3-4-6-19-11/h3-8H,9-10,18H2,1-2H3. The predicted molar refractivity (Wildman–Crippen MR) is 87.4 cm³/mol. The summed E-state index contributed by atoms with van der Waals surface area (Å²) >= 11 is 0. The minimum atomic E-state index is -0.381. The molecule has 23 heavy (non-hydrogen) atoms. The van der Waals surface area contributed by atoms with Gasteiger partial charge in [0.05, 0.1) is 11.0 Å². The quantitative estimate of drug-likeness (QED) is 0.804. The zero-order valence-electron chi connectivity index (χ0n) is 13.1. The second kappa shape index (κ2) is 4.96. The molecule has 0 aliphatic carbocycles. The molecular formula is C17H18N4O2. The summed E-state index contributed by atoms with van der Waals surface area (Å²) in [6.45, 7) is 4.86. The van der Waals surface area contributed by atoms with Crippen molar-refractivity contribution in [2.24, 2.45) is 5.73 Å². The van der Waals surface area contributed by atoms with Gasteiger partial charge in [-0.1, -0.05) is 6.07 Å². The largest absolute Gasteiger partial charge is 0.454 e. The molecule has 3 aromatic rings. The highest BCUT2D eigenvalue weighted by atomic mass is 16.7. The number of imidazole rings is 1. The van der Waals surface area contributed by atoms with Crippen LogP contribution in [0.4, 0.5) is 0 Å². The van der Waals surface area contributed by atoms with Gasteiger partial charge in [0.2, 0.25) is 6.79 Å². The van der Waals surface area contributed by atoms with E-state index in [1.54, 1.807) is 6.20 Å². The summed E-state index contributed by atoms with van der Waals surface area (Å²) in [4.78, 5) is 9.18. The first-order valence-corrected chi connectivity index (χ1v) is 7.51. The van der Waals surface area contributed by atoms with Crippen LogP contribution >= 0.6 is 0 Å². The molecule has 0 saturated heterocycles. The lowest BCUT2D eigenvalue weighted by Crippen LogP contribution is -2.37. The van der Waals surface area contributed by atoms with Crippen molar-refractivity contribution in [1.29, 1.82) is 0 Å². The van der Waals surface area contributed by atoms with Crippen molar-refractivity contribution in [2.45, 2.75) is 25.9 Å². The van der Waals surface area contributed by atoms with Gasteiger partial charge in [0, 0.05) is 30.4 Å². The molecule has 0 atom stereocenters. The van der Waals surface area contributed by atoms with Crippen molar-refractivity contribution in [3.05, 3.63) is 36.5 Å². The van der Waals surface area contributed by atoms with Gasteiger partial charge in [-0.2, -0.15) is 0 Å². The molecule has 4 rings (SSSR count). The number of nitrogens with two attached hydrogens (primary N) is 1. The van der Waals surface area contributed by atoms with E-state index in [-0.39, 0.29) is 12.3 Å². The third-order valence-electron chi connectivity index (χ3n) is 3.70. The Morgan fingerprint density at radius 1 is 1.22 bits per heavy atom. The normalized spacial score (nSPS) is 13.7. The Balaban J connectivity index is 1.96. The smallest absolute Gasteiger partial charge is 0.231 e. The molecule has 2 N–H and O–H groups in total. The third-order valence-corrected chi connectivity index (χ3v) is 3.70. The molecule has 0 fully saturated rings. The summed E-state index contributed by atoms with van der Waals surface area (Å²) in [7, 11) is 0. The maximum Gasteiger partial charge on any atom is 0.231 e. The van der Waals surface area contributed by atoms with Crippen LogP contribution < -0.4 is 15.2 Å². The number of ether oxygens (including phenoxy) is 2. The van der Waals surface area contributed by atoms with E-state index in [9.17, 15) is 0 Å². The maximum absolute atomic E-state index is 6.25. The maximum atomic E-state index is 6.25. The highest BCUT2D eigenvalue weighted by molar-refractivity contribution is 5.84. The Bertz CT molecular complexity index is 866. The van der Waals surface area contributed by atoms with Crippen molar-refractivity contribution in [2.75, 3.05) is 6.79 Å². The molecule has 6 nitrogen and oxygen atoms in total. The van der Waals surface area contributed by atoms with Gasteiger partial charge in [-0.3, -0.25) is 4.98 Å². The molecule has 1 aliphatic rings. The molecule has 0 bridgehead atoms. The number of rotatable bonds is 3. The van der Waals surface area contributed by atoms with Crippen molar-refractivity contribution in [3.63, 3.8) is 0 Å². The van der Waals surface area contributed by atoms with E-state index in [0.717, 1.165) is 34.1 Å². The first-order valence-electron chi connectivity index (χ1n) is 7.51. The highest BCUT2D eigenvalue weighted by Gasteiger charge is 2.23. The van der Waals surface area contributed by atoms with Gasteiger partial charge >= 0.3 is 0 Å². The summed E-state index contributed by atoms with van der Waals surface area (Å²) < 4.78 is 13.0. The minimum absolute atomic E-state index is 0.247. The summed E-state index contributed by atoms with van der Waals surface area (Å²) in [6, 6.07) is 9.65. The van der Waals surface area contributed by atoms with E-state index in [1.807, 2.05) is 44.2 Å². The minimum Gasteiger partial charge on any atom is -0.454 e. The van der Waals surface area contributed by atoms with E-state index in [2.05, 4.69) is 9.55 Å². The number of aromatic nitrogens is 3. The zero-order chi connectivity index (χ0) is 16.0. The van der Waals surface area contributed by atoms with E-state index >= 15 is 0 Å². The topological polar surface area (TPSA) is 75.2 Å². The molecule has 0 amide bonds. The predicted octanol–water partition coefficient (Wildman–Crippen LogP) is 2.56. The van der Waals surface area contributed by atoms with Gasteiger partial charge in [0.1, 0.15) is 5.69 Å². The van der Waals surface area contributed by atoms with Crippen LogP contribution in [-0.2, 0) is 6.54 Å². The van der Waals surface area contributed by atoms with Gasteiger partial charge in [0.15, 0.2) is 17.3 Å². The van der Waals surface area contributed by atoms with E-state index in [0.29, 0.717) is 6.54 Å². The third kappa shape index (κ3) is 2.51. The first kappa shape index (κ1) is 14.0. The molecule has 118 valence electrons. The molecular weight excluding hydrogens is 292 g/mol. The zero-order valence-corrected chi connectivity index (χ0v) is 13.1. The fourth-order valence-corrected chi connectivity index (χ4v) is 2.77. The summed E-state index contributed by atoms with van der Waals surface area (Å²) in [5.41, 5.74) is 8.50. The Morgan fingerprint density at radius 3 is 2.70 bits per heavy atom. The number of pyridine rings is 1. The number of benzene rings is 1. The molecule has 1 aliphatic heterocycles. The molecule has 0 radical (unpaired) electrons. The van der Waals surface area contributed by atoms with E-state index in [1.165, 1.54) is 0 Å². The highest BCUT2D eigenvalue weighted by Crippen LogP contribution is 2.37. The Labute approximate surface area is 133 Å². The van der Waals surface area contributed by atoms with Crippen LogP contribution in [0.15, 0.2) is 36.5 Å². The van der Waals surface area contributed by atoms with Gasteiger partial charge in [-0.25, -0.2) is 4.98 Å². The van der Waals surface area contributed by atoms with E-state index < -0.39 is 0 Å². The molecule has 0 spiro atoms. The Kier molecular flexibility index (Phi) is 3.02. The van der Waals surface area contributed by atoms with Gasteiger partial charge in [-0.15, -0.1) is 0 Å². The second-order valence-electron chi connectivity index (χ2n) is 6.42. The number of fused-ring (bicyclic) bond motifs is 2. The first-order chi connectivity index (χ1) is 11.0. The van der Waals surface area contributed by atoms with Crippen LogP contribution in [-0.4, -0.2) is 26.9 Å². The van der Waals surface area contributed by atoms with Crippen molar-refractivity contribution in [1.82, 2.24) is 14.5 Å². The second-order valence-corrected chi connectivity index (χ2v) is 6.42. The van der Waals surface area contributed by atoms with Crippen LogP contribution in [0.25, 0.3) is 22.6 Å².